The van der Waals surface area contributed by atoms with Crippen LogP contribution in [-0.4, -0.2) is 48.3 Å². The van der Waals surface area contributed by atoms with E-state index in [4.69, 9.17) is 46.7 Å². The van der Waals surface area contributed by atoms with Crippen LogP contribution in [-0.2, 0) is 9.31 Å². The van der Waals surface area contributed by atoms with E-state index in [9.17, 15) is 0 Å². The van der Waals surface area contributed by atoms with Gasteiger partial charge in [0.25, 0.3) is 0 Å². The number of rotatable bonds is 10. The maximum Gasteiger partial charge on any atom is 0.495 e. The molecule has 18 aromatic carbocycles. The second-order valence-electron chi connectivity index (χ2n) is 30.4. The molecule has 0 radical (unpaired) electrons. The summed E-state index contributed by atoms with van der Waals surface area (Å²) < 4.78 is 12.7. The molecule has 0 amide bonds. The number of nitrogens with zero attached hydrogens (tertiary/aromatic N) is 8. The van der Waals surface area contributed by atoms with Crippen LogP contribution in [0.15, 0.2) is 364 Å². The first kappa shape index (κ1) is 71.9. The van der Waals surface area contributed by atoms with Crippen molar-refractivity contribution in [2.24, 2.45) is 0 Å². The maximum absolute atomic E-state index is 9.15. The Labute approximate surface area is 676 Å². The van der Waals surface area contributed by atoms with Crippen molar-refractivity contribution in [3.05, 3.63) is 380 Å². The van der Waals surface area contributed by atoms with Crippen molar-refractivity contribution in [1.82, 2.24) is 30.0 Å². The van der Waals surface area contributed by atoms with Crippen LogP contribution in [0.2, 0.25) is 5.02 Å². The molecule has 550 valence electrons. The van der Waals surface area contributed by atoms with Gasteiger partial charge < -0.3 is 9.31 Å². The molecule has 1 saturated heterocycles. The summed E-state index contributed by atoms with van der Waals surface area (Å²) >= 11 is 6.01. The number of benzene rings is 18. The molecule has 0 N–H and O–H groups in total. The summed E-state index contributed by atoms with van der Waals surface area (Å²) in [5.41, 5.74) is 23.0. The lowest BCUT2D eigenvalue weighted by molar-refractivity contribution is 0.00578. The van der Waals surface area contributed by atoms with E-state index in [2.05, 4.69) is 330 Å². The molecule has 21 rings (SSSR count). The Morgan fingerprint density at radius 1 is 0.276 bits per heavy atom. The minimum absolute atomic E-state index is 0.376. The lowest BCUT2D eigenvalue weighted by atomic mass is 9.75. The first-order chi connectivity index (χ1) is 56.7. The van der Waals surface area contributed by atoms with E-state index in [1.54, 1.807) is 9.59 Å². The van der Waals surface area contributed by atoms with Crippen molar-refractivity contribution in [2.45, 2.75) is 38.9 Å². The van der Waals surface area contributed by atoms with E-state index in [0.29, 0.717) is 16.1 Å². The molecule has 10 nitrogen and oxygen atoms in total. The minimum Gasteiger partial charge on any atom is -0.399 e. The fourth-order valence-corrected chi connectivity index (χ4v) is 16.2. The van der Waals surface area contributed by atoms with Gasteiger partial charge >= 0.3 is 7.12 Å². The highest BCUT2D eigenvalue weighted by atomic mass is 35.5. The van der Waals surface area contributed by atoms with Crippen LogP contribution >= 0.6 is 11.6 Å². The van der Waals surface area contributed by atoms with E-state index in [1.807, 2.05) is 78.9 Å². The quantitative estimate of drug-likeness (QED) is 0.0978. The molecule has 3 heterocycles. The highest BCUT2D eigenvalue weighted by Crippen LogP contribution is 2.43. The van der Waals surface area contributed by atoms with Crippen LogP contribution in [0.5, 0.6) is 0 Å². The van der Waals surface area contributed by atoms with Crippen molar-refractivity contribution < 1.29 is 9.31 Å². The number of nitriles is 2. The van der Waals surface area contributed by atoms with Gasteiger partial charge in [0.2, 0.25) is 0 Å². The van der Waals surface area contributed by atoms with Crippen LogP contribution < -0.4 is 5.46 Å². The summed E-state index contributed by atoms with van der Waals surface area (Å²) in [6.45, 7) is 8.33. The first-order valence-electron chi connectivity index (χ1n) is 38.8. The normalized spacial score (nSPS) is 12.9. The summed E-state index contributed by atoms with van der Waals surface area (Å²) in [5.74, 6) is 0. The van der Waals surface area contributed by atoms with Crippen molar-refractivity contribution in [2.75, 3.05) is 0 Å². The number of hydrogen-bond acceptors (Lipinski definition) is 8. The van der Waals surface area contributed by atoms with Crippen molar-refractivity contribution in [1.29, 1.82) is 10.5 Å². The van der Waals surface area contributed by atoms with Gasteiger partial charge in [0.05, 0.1) is 45.8 Å². The molecule has 0 unspecified atom stereocenters. The number of hydrogen-bond donors (Lipinski definition) is 0. The zero-order chi connectivity index (χ0) is 78.6. The Hall–Kier alpha value is -14.4. The van der Waals surface area contributed by atoms with Crippen LogP contribution in [0.3, 0.4) is 0 Å². The van der Waals surface area contributed by atoms with Crippen molar-refractivity contribution >= 4 is 111 Å². The zero-order valence-electron chi connectivity index (χ0n) is 64.0. The predicted octanol–water partition coefficient (Wildman–Crippen LogP) is 25.8. The second-order valence-corrected chi connectivity index (χ2v) is 30.8. The Kier molecular flexibility index (Phi) is 18.5. The van der Waals surface area contributed by atoms with Crippen LogP contribution in [0.1, 0.15) is 38.8 Å². The third-order valence-electron chi connectivity index (χ3n) is 22.9. The average Bonchev–Trinajstić information content (AvgIpc) is 0.845. The molecule has 0 spiro atoms. The SMILES string of the molecule is CC1(C)OB(c2ccc(-c3ccc(-c4ccc(C#N)cc4)cc3)c3ccccc23)OC1(C)C.Clc1ccc(-n2nc3ccc(-c4cc5ccccc5c5ccccc45)cc3n2)cc1.N#Cc1ccc(-c2ccc(-c3ccc(-c4ccc(-n5nc6ccc(-c7cc8ccccc8c8ccccc78)cc6n5)cc4)c4ccccc34)cc2)cc1. The summed E-state index contributed by atoms with van der Waals surface area (Å²) in [4.78, 5) is 3.39. The maximum atomic E-state index is 9.15. The topological polar surface area (TPSA) is 127 Å². The molecular formula is C104H72BClN8O2. The Morgan fingerprint density at radius 3 is 0.966 bits per heavy atom. The van der Waals surface area contributed by atoms with Crippen LogP contribution in [0, 0.1) is 22.7 Å². The molecule has 1 aliphatic heterocycles. The van der Waals surface area contributed by atoms with Gasteiger partial charge in [-0.05, 0) is 273 Å². The Balaban J connectivity index is 0.000000123. The summed E-state index contributed by atoms with van der Waals surface area (Å²) in [6.07, 6.45) is 0. The van der Waals surface area contributed by atoms with Gasteiger partial charge in [0.15, 0.2) is 0 Å². The molecule has 1 aliphatic rings. The highest BCUT2D eigenvalue weighted by Gasteiger charge is 2.52. The van der Waals surface area contributed by atoms with Gasteiger partial charge in [-0.1, -0.05) is 279 Å². The molecule has 2 aromatic heterocycles. The monoisotopic (exact) mass is 1510 g/mol. The molecule has 116 heavy (non-hydrogen) atoms. The molecule has 20 aromatic rings. The summed E-state index contributed by atoms with van der Waals surface area (Å²) in [5, 5.41) is 52.7. The van der Waals surface area contributed by atoms with E-state index in [1.165, 1.54) is 87.1 Å². The Morgan fingerprint density at radius 2 is 0.569 bits per heavy atom. The standard InChI is InChI=1S/C49H30N4.C29H26BNO2.C26H16ClN3/c50-31-32-13-15-33(16-14-32)34-17-19-35(20-18-34)41-26-27-42(45-11-4-3-10-44(41)45)36-21-24-39(25-22-36)53-51-48-28-23-38(30-49(48)52-53)47-29-37-7-1-2-8-40(37)43-9-5-6-12-46(43)47;1-28(2)29(3,4)33-30(32-28)27-18-17-24(25-7-5-6-8-26(25)27)23-15-13-22(14-16-23)21-11-9-20(19-31)10-12-21;27-19-10-12-20(13-11-19)30-28-25-14-9-18(16-26(25)29-30)24-15-17-5-1-2-6-21(17)22-7-3-4-8-23(22)24/h1-30H;5-18H,1-4H3;1-16H. The molecule has 0 saturated carbocycles. The molecule has 1 fully saturated rings. The average molecular weight is 1510 g/mol. The smallest absolute Gasteiger partial charge is 0.399 e. The fraction of sp³-hybridized carbons (Fsp3) is 0.0577. The van der Waals surface area contributed by atoms with Crippen molar-refractivity contribution in [3.8, 4) is 101 Å². The zero-order valence-corrected chi connectivity index (χ0v) is 64.7. The van der Waals surface area contributed by atoms with Gasteiger partial charge in [0.1, 0.15) is 22.1 Å². The molecule has 0 aliphatic carbocycles. The minimum atomic E-state index is -0.396. The summed E-state index contributed by atoms with van der Waals surface area (Å²) in [7, 11) is -0.396. The highest BCUT2D eigenvalue weighted by molar-refractivity contribution is 6.65. The largest absolute Gasteiger partial charge is 0.495 e. The van der Waals surface area contributed by atoms with Gasteiger partial charge in [-0.25, -0.2) is 0 Å². The van der Waals surface area contributed by atoms with E-state index < -0.39 is 7.12 Å². The molecule has 0 bridgehead atoms. The van der Waals surface area contributed by atoms with E-state index in [-0.39, 0.29) is 11.2 Å². The van der Waals surface area contributed by atoms with Crippen LogP contribution in [0.25, 0.3) is 176 Å². The van der Waals surface area contributed by atoms with Gasteiger partial charge in [-0.15, -0.1) is 20.4 Å². The lowest BCUT2D eigenvalue weighted by Gasteiger charge is -2.32. The molecular weight excluding hydrogens is 1440 g/mol. The Bertz CT molecular complexity index is 7270. The number of aromatic nitrogens is 6. The van der Waals surface area contributed by atoms with Crippen molar-refractivity contribution in [3.63, 3.8) is 0 Å². The lowest BCUT2D eigenvalue weighted by Crippen LogP contribution is -2.41. The number of fused-ring (bicyclic) bond motifs is 10. The van der Waals surface area contributed by atoms with E-state index >= 15 is 0 Å². The molecule has 0 atom stereocenters. The third-order valence-corrected chi connectivity index (χ3v) is 23.1. The van der Waals surface area contributed by atoms with Crippen LogP contribution in [0.4, 0.5) is 0 Å². The fourth-order valence-electron chi connectivity index (χ4n) is 16.0. The van der Waals surface area contributed by atoms with Gasteiger partial charge in [0, 0.05) is 5.02 Å². The van der Waals surface area contributed by atoms with Gasteiger partial charge in [-0.2, -0.15) is 20.1 Å². The third kappa shape index (κ3) is 13.6. The molecule has 12 heteroatoms. The second kappa shape index (κ2) is 29.9. The predicted molar refractivity (Wildman–Crippen MR) is 477 cm³/mol. The number of halogens is 1. The van der Waals surface area contributed by atoms with Gasteiger partial charge in [-0.3, -0.25) is 0 Å². The summed E-state index contributed by atoms with van der Waals surface area (Å²) in [6, 6.07) is 130. The van der Waals surface area contributed by atoms with E-state index in [0.717, 1.165) is 94.4 Å². The first-order valence-corrected chi connectivity index (χ1v) is 39.2.